The number of halogens is 4. The molecule has 264 valence electrons. The van der Waals surface area contributed by atoms with Gasteiger partial charge in [0.25, 0.3) is 0 Å². The van der Waals surface area contributed by atoms with Crippen molar-refractivity contribution >= 4 is 19.6 Å². The number of allylic oxidation sites excluding steroid dienone is 8. The molecule has 0 aromatic heterocycles. The Balaban J connectivity index is 1.87. The topological polar surface area (TPSA) is 76.7 Å². The van der Waals surface area contributed by atoms with E-state index in [0.29, 0.717) is 13.2 Å². The van der Waals surface area contributed by atoms with Gasteiger partial charge < -0.3 is 0 Å². The Bertz CT molecular complexity index is 1520. The van der Waals surface area contributed by atoms with Gasteiger partial charge in [0, 0.05) is 0 Å². The zero-order chi connectivity index (χ0) is 36.0. The van der Waals surface area contributed by atoms with Gasteiger partial charge in [-0.2, -0.15) is 0 Å². The van der Waals surface area contributed by atoms with E-state index in [-0.39, 0.29) is 45.2 Å². The Labute approximate surface area is 290 Å². The van der Waals surface area contributed by atoms with E-state index in [0.717, 1.165) is 12.1 Å². The fraction of sp³-hybridized carbons (Fsp3) is 0.421. The average molecular weight is 719 g/mol. The summed E-state index contributed by atoms with van der Waals surface area (Å²) in [5, 5.41) is 5.47. The van der Waals surface area contributed by atoms with Gasteiger partial charge in [-0.25, -0.2) is 0 Å². The second-order valence-electron chi connectivity index (χ2n) is 13.7. The first-order chi connectivity index (χ1) is 23.2. The summed E-state index contributed by atoms with van der Waals surface area (Å²) in [6.45, 7) is 11.0. The van der Waals surface area contributed by atoms with Gasteiger partial charge in [0.05, 0.1) is 0 Å². The fourth-order valence-electron chi connectivity index (χ4n) is 6.38. The summed E-state index contributed by atoms with van der Waals surface area (Å²) >= 11 is -5.05. The Morgan fingerprint density at radius 3 is 1.33 bits per heavy atom. The molecule has 2 aromatic carbocycles. The summed E-state index contributed by atoms with van der Waals surface area (Å²) in [6.07, 6.45) is 13.8. The van der Waals surface area contributed by atoms with Crippen LogP contribution in [0.3, 0.4) is 0 Å². The van der Waals surface area contributed by atoms with Crippen molar-refractivity contribution in [2.45, 2.75) is 63.1 Å². The maximum absolute atomic E-state index is 17.0. The Morgan fingerprint density at radius 1 is 0.653 bits per heavy atom. The molecule has 4 rings (SSSR count). The molecule has 0 saturated heterocycles. The monoisotopic (exact) mass is 718 g/mol. The van der Waals surface area contributed by atoms with Crippen molar-refractivity contribution in [1.82, 2.24) is 10.6 Å². The molecule has 2 aromatic rings. The molecule has 0 unspecified atom stereocenters. The van der Waals surface area contributed by atoms with Crippen molar-refractivity contribution in [2.24, 2.45) is 10.8 Å². The quantitative estimate of drug-likeness (QED) is 0.153. The minimum absolute atomic E-state index is 0.00960. The van der Waals surface area contributed by atoms with Crippen LogP contribution >= 0.6 is 0 Å². The molecule has 0 fully saturated rings. The molecule has 0 radical (unpaired) electrons. The number of carbonyl (C=O) groups excluding carboxylic acids is 2. The van der Waals surface area contributed by atoms with Gasteiger partial charge in [0.15, 0.2) is 0 Å². The van der Waals surface area contributed by atoms with Gasteiger partial charge in [-0.05, 0) is 0 Å². The first-order valence-electron chi connectivity index (χ1n) is 16.6. The third kappa shape index (κ3) is 8.03. The zero-order valence-electron chi connectivity index (χ0n) is 29.0. The summed E-state index contributed by atoms with van der Waals surface area (Å²) in [6, 6.07) is 4.72. The maximum atomic E-state index is 17.0. The fourth-order valence-corrected chi connectivity index (χ4v) is 15.3. The van der Waals surface area contributed by atoms with Gasteiger partial charge in [-0.15, -0.1) is 0 Å². The predicted octanol–water partition coefficient (Wildman–Crippen LogP) is 6.53. The number of benzene rings is 2. The number of nitrogens with one attached hydrogen (secondary N) is 2. The molecule has 0 saturated carbocycles. The Hall–Kier alpha value is -3.31. The molecule has 0 atom stereocenters. The van der Waals surface area contributed by atoms with Crippen LogP contribution in [0.5, 0.6) is 0 Å². The molecule has 2 aliphatic rings. The molecular formula is C38H46F4N2O4Ti. The van der Waals surface area contributed by atoms with Crippen LogP contribution in [0.15, 0.2) is 72.9 Å². The Morgan fingerprint density at radius 2 is 1.00 bits per heavy atom. The molecule has 6 nitrogen and oxygen atoms in total. The number of rotatable bonds is 16. The van der Waals surface area contributed by atoms with Gasteiger partial charge in [-0.3, -0.25) is 0 Å². The molecule has 11 heteroatoms. The van der Waals surface area contributed by atoms with Crippen LogP contribution in [0.1, 0.15) is 52.7 Å². The second kappa shape index (κ2) is 16.1. The van der Waals surface area contributed by atoms with Crippen LogP contribution in [0.2, 0.25) is 8.45 Å². The van der Waals surface area contributed by atoms with Crippen LogP contribution in [-0.4, -0.2) is 38.2 Å². The molecule has 49 heavy (non-hydrogen) atoms. The third-order valence-corrected chi connectivity index (χ3v) is 17.7. The van der Waals surface area contributed by atoms with Crippen LogP contribution in [-0.2, 0) is 48.7 Å². The second-order valence-corrected chi connectivity index (χ2v) is 20.0. The number of carbonyl (C=O) groups is 2. The molecule has 0 aliphatic heterocycles. The van der Waals surface area contributed by atoms with Crippen molar-refractivity contribution in [3.63, 3.8) is 0 Å². The van der Waals surface area contributed by atoms with E-state index in [4.69, 9.17) is 9.47 Å². The van der Waals surface area contributed by atoms with Gasteiger partial charge in [-0.1, -0.05) is 0 Å². The third-order valence-electron chi connectivity index (χ3n) is 9.16. The van der Waals surface area contributed by atoms with E-state index in [2.05, 4.69) is 10.6 Å². The zero-order valence-corrected chi connectivity index (χ0v) is 30.5. The van der Waals surface area contributed by atoms with Crippen molar-refractivity contribution < 1.29 is 53.2 Å². The van der Waals surface area contributed by atoms with Gasteiger partial charge >= 0.3 is 291 Å². The molecule has 2 N–H and O–H groups in total. The van der Waals surface area contributed by atoms with Crippen LogP contribution in [0, 0.1) is 34.1 Å². The van der Waals surface area contributed by atoms with Crippen molar-refractivity contribution in [3.8, 4) is 0 Å². The molecule has 2 aliphatic carbocycles. The van der Waals surface area contributed by atoms with Crippen molar-refractivity contribution in [1.29, 1.82) is 0 Å². The van der Waals surface area contributed by atoms with Crippen LogP contribution in [0.4, 0.5) is 17.6 Å². The van der Waals surface area contributed by atoms with E-state index in [9.17, 15) is 9.59 Å². The summed E-state index contributed by atoms with van der Waals surface area (Å²) in [4.78, 5) is 26.1. The SMILES string of the molecule is CCOCC(C)(C)C(=O)NCc1ccc(F)[c]([Ti]([c]2c(F)ccc(CNC(=O)C(C)(C)COCC)c2F)([CH]2C=CC=C2)[CH]2C=CC=C2)c1F. The first-order valence-corrected chi connectivity index (χ1v) is 20.0. The predicted molar refractivity (Wildman–Crippen MR) is 180 cm³/mol. The number of ether oxygens (including phenoxy) is 2. The standard InChI is InChI=1S/2C14H18F2NO2.2C5H5.Ti/c2*1-4-19-9-14(2,3)13(18)17-8-10-5-6-11(15)7-12(10)16;2*1-2-4-5-3-1;/h2*5-6H,4,8-9H2,1-3H3,(H,17,18);2*1-5H;. The van der Waals surface area contributed by atoms with E-state index in [1.807, 2.05) is 13.8 Å². The van der Waals surface area contributed by atoms with Crippen LogP contribution in [0.25, 0.3) is 0 Å². The first kappa shape index (κ1) is 38.5. The van der Waals surface area contributed by atoms with Crippen LogP contribution < -0.4 is 18.4 Å². The van der Waals surface area contributed by atoms with E-state index in [1.54, 1.807) is 76.3 Å². The summed E-state index contributed by atoms with van der Waals surface area (Å²) in [7, 11) is 0. The summed E-state index contributed by atoms with van der Waals surface area (Å²) < 4.78 is 75.6. The van der Waals surface area contributed by atoms with E-state index < -0.39 is 70.9 Å². The molecule has 2 amide bonds. The molecular weight excluding hydrogens is 672 g/mol. The van der Waals surface area contributed by atoms with E-state index >= 15 is 17.6 Å². The summed E-state index contributed by atoms with van der Waals surface area (Å²) in [5.41, 5.74) is -1.86. The number of amides is 2. The molecule has 0 bridgehead atoms. The minimum atomic E-state index is -5.05. The average Bonchev–Trinajstić information content (AvgIpc) is 3.81. The normalized spacial score (nSPS) is 15.1. The van der Waals surface area contributed by atoms with Crippen molar-refractivity contribution in [2.75, 3.05) is 26.4 Å². The van der Waals surface area contributed by atoms with Crippen molar-refractivity contribution in [3.05, 3.63) is 107 Å². The Kier molecular flexibility index (Phi) is 12.7. The summed E-state index contributed by atoms with van der Waals surface area (Å²) in [5.74, 6) is -4.50. The molecule has 0 heterocycles. The van der Waals surface area contributed by atoms with E-state index in [1.165, 1.54) is 12.1 Å². The molecule has 0 spiro atoms. The van der Waals surface area contributed by atoms with Gasteiger partial charge in [0.2, 0.25) is 0 Å². The van der Waals surface area contributed by atoms with Gasteiger partial charge in [0.1, 0.15) is 0 Å². The number of hydrogen-bond acceptors (Lipinski definition) is 4. The number of hydrogen-bond donors (Lipinski definition) is 2.